The third-order valence-electron chi connectivity index (χ3n) is 1.42. The molecule has 0 saturated heterocycles. The summed E-state index contributed by atoms with van der Waals surface area (Å²) in [5.41, 5.74) is 0.253. The van der Waals surface area contributed by atoms with Crippen molar-refractivity contribution in [2.75, 3.05) is 6.26 Å². The van der Waals surface area contributed by atoms with Crippen molar-refractivity contribution in [2.45, 2.75) is 0 Å². The molecule has 0 aliphatic carbocycles. The Morgan fingerprint density at radius 2 is 2.21 bits per heavy atom. The fourth-order valence-electron chi connectivity index (χ4n) is 0.902. The molecule has 1 unspecified atom stereocenters. The largest absolute Gasteiger partial charge is 0.508 e. The van der Waals surface area contributed by atoms with E-state index in [-0.39, 0.29) is 11.3 Å². The Morgan fingerprint density at radius 3 is 2.71 bits per heavy atom. The number of phenols is 1. The molecule has 0 saturated carbocycles. The van der Waals surface area contributed by atoms with Gasteiger partial charge in [0, 0.05) is 21.5 Å². The van der Waals surface area contributed by atoms with Gasteiger partial charge in [-0.2, -0.15) is 0 Å². The molecule has 5 heteroatoms. The summed E-state index contributed by atoms with van der Waals surface area (Å²) in [5.74, 6) is 2.77. The van der Waals surface area contributed by atoms with Crippen LogP contribution in [-0.2, 0) is 9.71 Å². The Balaban J connectivity index is 2.91. The zero-order valence-corrected chi connectivity index (χ0v) is 8.50. The van der Waals surface area contributed by atoms with Gasteiger partial charge < -0.3 is 5.11 Å². The minimum absolute atomic E-state index is 0.00989. The molecule has 0 aliphatic heterocycles. The standard InChI is InChI=1S/C9H11NO3S/c1-14(2,13)10-9(12)7-4-3-5-8(11)6-7/h3-6,11H,1H2,2H3,(H,10,12,13). The summed E-state index contributed by atoms with van der Waals surface area (Å²) in [6.07, 6.45) is 1.33. The first-order valence-corrected chi connectivity index (χ1v) is 5.95. The molecule has 1 amide bonds. The van der Waals surface area contributed by atoms with E-state index in [2.05, 4.69) is 10.6 Å². The van der Waals surface area contributed by atoms with Crippen molar-refractivity contribution in [3.05, 3.63) is 29.8 Å². The summed E-state index contributed by atoms with van der Waals surface area (Å²) >= 11 is 0. The molecule has 0 fully saturated rings. The molecular formula is C9H11NO3S. The SMILES string of the molecule is C=S(C)(=O)NC(=O)c1cccc(O)c1. The maximum absolute atomic E-state index is 11.4. The molecule has 0 spiro atoms. The van der Waals surface area contributed by atoms with E-state index < -0.39 is 15.6 Å². The minimum Gasteiger partial charge on any atom is -0.508 e. The van der Waals surface area contributed by atoms with Gasteiger partial charge in [-0.1, -0.05) is 6.07 Å². The van der Waals surface area contributed by atoms with Crippen LogP contribution in [0.5, 0.6) is 5.75 Å². The van der Waals surface area contributed by atoms with Crippen molar-refractivity contribution in [2.24, 2.45) is 0 Å². The second-order valence-electron chi connectivity index (χ2n) is 2.99. The summed E-state index contributed by atoms with van der Waals surface area (Å²) < 4.78 is 13.4. The number of hydrogen-bond acceptors (Lipinski definition) is 3. The number of benzene rings is 1. The van der Waals surface area contributed by atoms with Crippen LogP contribution in [-0.4, -0.2) is 27.3 Å². The van der Waals surface area contributed by atoms with Gasteiger partial charge in [-0.3, -0.25) is 9.52 Å². The van der Waals surface area contributed by atoms with Gasteiger partial charge >= 0.3 is 0 Å². The van der Waals surface area contributed by atoms with E-state index >= 15 is 0 Å². The molecule has 1 rings (SSSR count). The zero-order valence-electron chi connectivity index (χ0n) is 7.69. The maximum Gasteiger partial charge on any atom is 0.262 e. The predicted molar refractivity (Wildman–Crippen MR) is 56.8 cm³/mol. The van der Waals surface area contributed by atoms with Crippen molar-refractivity contribution in [1.29, 1.82) is 0 Å². The van der Waals surface area contributed by atoms with Crippen LogP contribution in [0.4, 0.5) is 0 Å². The van der Waals surface area contributed by atoms with Crippen LogP contribution in [0, 0.1) is 0 Å². The first kappa shape index (κ1) is 10.6. The van der Waals surface area contributed by atoms with Gasteiger partial charge in [-0.15, -0.1) is 0 Å². The Labute approximate surface area is 82.7 Å². The molecule has 1 aromatic rings. The molecule has 1 aromatic carbocycles. The lowest BCUT2D eigenvalue weighted by molar-refractivity contribution is 0.0982. The van der Waals surface area contributed by atoms with Gasteiger partial charge in [0.1, 0.15) is 5.75 Å². The average Bonchev–Trinajstić information content (AvgIpc) is 2.01. The highest BCUT2D eigenvalue weighted by Crippen LogP contribution is 2.10. The number of hydrogen-bond donors (Lipinski definition) is 2. The third kappa shape index (κ3) is 3.10. The van der Waals surface area contributed by atoms with E-state index in [1.807, 2.05) is 0 Å². The maximum atomic E-state index is 11.4. The third-order valence-corrected chi connectivity index (χ3v) is 2.03. The molecule has 0 aliphatic rings. The van der Waals surface area contributed by atoms with Crippen molar-refractivity contribution < 1.29 is 14.1 Å². The number of amides is 1. The lowest BCUT2D eigenvalue weighted by atomic mass is 10.2. The summed E-state index contributed by atoms with van der Waals surface area (Å²) in [7, 11) is -2.57. The lowest BCUT2D eigenvalue weighted by Crippen LogP contribution is -2.29. The summed E-state index contributed by atoms with van der Waals surface area (Å²) in [4.78, 5) is 11.4. The number of carbonyl (C=O) groups is 1. The molecule has 0 aromatic heterocycles. The summed E-state index contributed by atoms with van der Waals surface area (Å²) in [6.45, 7) is 0. The number of rotatable bonds is 2. The average molecular weight is 213 g/mol. The van der Waals surface area contributed by atoms with Crippen molar-refractivity contribution in [3.8, 4) is 5.75 Å². The number of phenolic OH excluding ortho intramolecular Hbond substituents is 1. The van der Waals surface area contributed by atoms with Gasteiger partial charge in [0.25, 0.3) is 5.91 Å². The Hall–Kier alpha value is -1.49. The Kier molecular flexibility index (Phi) is 2.81. The van der Waals surface area contributed by atoms with Crippen molar-refractivity contribution in [3.63, 3.8) is 0 Å². The van der Waals surface area contributed by atoms with Crippen LogP contribution in [0.3, 0.4) is 0 Å². The smallest absolute Gasteiger partial charge is 0.262 e. The molecule has 1 atom stereocenters. The van der Waals surface area contributed by atoms with Crippen LogP contribution in [0.15, 0.2) is 24.3 Å². The van der Waals surface area contributed by atoms with Crippen LogP contribution in [0.2, 0.25) is 0 Å². The van der Waals surface area contributed by atoms with Gasteiger partial charge in [0.15, 0.2) is 0 Å². The first-order chi connectivity index (χ1) is 6.38. The predicted octanol–water partition coefficient (Wildman–Crippen LogP) is 0.383. The molecule has 76 valence electrons. The van der Waals surface area contributed by atoms with E-state index in [4.69, 9.17) is 5.11 Å². The minimum atomic E-state index is -2.57. The topological polar surface area (TPSA) is 66.4 Å². The molecule has 0 bridgehead atoms. The molecular weight excluding hydrogens is 202 g/mol. The quantitative estimate of drug-likeness (QED) is 0.698. The monoisotopic (exact) mass is 213 g/mol. The fourth-order valence-corrected chi connectivity index (χ4v) is 1.41. The van der Waals surface area contributed by atoms with Crippen LogP contribution >= 0.6 is 0 Å². The lowest BCUT2D eigenvalue weighted by Gasteiger charge is -2.05. The summed E-state index contributed by atoms with van der Waals surface area (Å²) in [5, 5.41) is 9.09. The van der Waals surface area contributed by atoms with Crippen LogP contribution < -0.4 is 4.72 Å². The van der Waals surface area contributed by atoms with Gasteiger partial charge in [-0.25, -0.2) is 4.21 Å². The van der Waals surface area contributed by atoms with Crippen molar-refractivity contribution >= 4 is 21.5 Å². The van der Waals surface area contributed by atoms with Gasteiger partial charge in [0.05, 0.1) is 0 Å². The Bertz CT molecular complexity index is 451. The number of nitrogens with one attached hydrogen (secondary N) is 1. The normalized spacial score (nSPS) is 14.4. The second-order valence-corrected chi connectivity index (χ2v) is 5.20. The molecule has 0 radical (unpaired) electrons. The van der Waals surface area contributed by atoms with Gasteiger partial charge in [0.2, 0.25) is 0 Å². The van der Waals surface area contributed by atoms with E-state index in [0.717, 1.165) is 0 Å². The molecule has 14 heavy (non-hydrogen) atoms. The van der Waals surface area contributed by atoms with E-state index in [1.165, 1.54) is 30.5 Å². The summed E-state index contributed by atoms with van der Waals surface area (Å²) in [6, 6.07) is 5.79. The van der Waals surface area contributed by atoms with Crippen molar-refractivity contribution in [1.82, 2.24) is 4.72 Å². The van der Waals surface area contributed by atoms with E-state index in [9.17, 15) is 9.00 Å². The number of carbonyl (C=O) groups excluding carboxylic acids is 1. The van der Waals surface area contributed by atoms with Gasteiger partial charge in [-0.05, 0) is 24.1 Å². The zero-order chi connectivity index (χ0) is 10.8. The first-order valence-electron chi connectivity index (χ1n) is 3.82. The molecule has 0 heterocycles. The van der Waals surface area contributed by atoms with Crippen LogP contribution in [0.1, 0.15) is 10.4 Å². The molecule has 2 N–H and O–H groups in total. The highest BCUT2D eigenvalue weighted by atomic mass is 32.2. The van der Waals surface area contributed by atoms with E-state index in [0.29, 0.717) is 0 Å². The molecule has 4 nitrogen and oxygen atoms in total. The second kappa shape index (κ2) is 3.71. The van der Waals surface area contributed by atoms with Crippen LogP contribution in [0.25, 0.3) is 0 Å². The fraction of sp³-hybridized carbons (Fsp3) is 0.111. The highest BCUT2D eigenvalue weighted by Gasteiger charge is 2.07. The Morgan fingerprint density at radius 1 is 1.57 bits per heavy atom. The highest BCUT2D eigenvalue weighted by molar-refractivity contribution is 7.98. The van der Waals surface area contributed by atoms with E-state index in [1.54, 1.807) is 0 Å². The number of aromatic hydroxyl groups is 1.